The second kappa shape index (κ2) is 3.62. The molecule has 1 fully saturated rings. The summed E-state index contributed by atoms with van der Waals surface area (Å²) < 4.78 is 0. The molecule has 0 aromatic rings. The molecular weight excluding hydrogens is 154 g/mol. The Morgan fingerprint density at radius 2 is 2.25 bits per heavy atom. The van der Waals surface area contributed by atoms with Crippen molar-refractivity contribution in [2.45, 2.75) is 12.5 Å². The molecular formula is C7H17N5. The van der Waals surface area contributed by atoms with Crippen molar-refractivity contribution >= 4 is 5.96 Å². The summed E-state index contributed by atoms with van der Waals surface area (Å²) in [5.41, 5.74) is 5.57. The first-order valence-corrected chi connectivity index (χ1v) is 4.10. The van der Waals surface area contributed by atoms with Crippen LogP contribution in [0.25, 0.3) is 0 Å². The van der Waals surface area contributed by atoms with Gasteiger partial charge < -0.3 is 21.4 Å². The minimum Gasteiger partial charge on any atom is -0.368 e. The van der Waals surface area contributed by atoms with Crippen molar-refractivity contribution in [2.75, 3.05) is 27.2 Å². The lowest BCUT2D eigenvalue weighted by Gasteiger charge is -2.20. The monoisotopic (exact) mass is 171 g/mol. The number of hydrazone groups is 1. The Bertz CT molecular complexity index is 177. The number of hydrogen-bond acceptors (Lipinski definition) is 3. The Kier molecular flexibility index (Phi) is 2.75. The Labute approximate surface area is 73.0 Å². The highest BCUT2D eigenvalue weighted by molar-refractivity contribution is 5.78. The fourth-order valence-electron chi connectivity index (χ4n) is 1.45. The highest BCUT2D eigenvalue weighted by Gasteiger charge is 2.24. The van der Waals surface area contributed by atoms with E-state index >= 15 is 0 Å². The summed E-state index contributed by atoms with van der Waals surface area (Å²) in [5.74, 6) is 5.52. The summed E-state index contributed by atoms with van der Waals surface area (Å²) in [7, 11) is 4.15. The molecule has 0 amide bonds. The summed E-state index contributed by atoms with van der Waals surface area (Å²) >= 11 is 0. The molecule has 0 aliphatic carbocycles. The molecule has 1 aliphatic heterocycles. The third-order valence-electron chi connectivity index (χ3n) is 2.35. The zero-order chi connectivity index (χ0) is 9.14. The van der Waals surface area contributed by atoms with Crippen LogP contribution in [-0.4, -0.2) is 49.0 Å². The molecule has 1 heterocycles. The predicted octanol–water partition coefficient (Wildman–Crippen LogP) is -1.19. The lowest BCUT2D eigenvalue weighted by molar-refractivity contribution is 0.300. The molecule has 1 rings (SSSR count). The summed E-state index contributed by atoms with van der Waals surface area (Å²) in [5, 5.41) is 3.47. The van der Waals surface area contributed by atoms with Crippen LogP contribution in [0.15, 0.2) is 5.10 Å². The van der Waals surface area contributed by atoms with E-state index in [1.807, 2.05) is 4.90 Å². The molecule has 0 aromatic heterocycles. The van der Waals surface area contributed by atoms with Crippen molar-refractivity contribution in [3.05, 3.63) is 0 Å². The molecule has 0 saturated carbocycles. The van der Waals surface area contributed by atoms with Gasteiger partial charge in [-0.05, 0) is 20.5 Å². The van der Waals surface area contributed by atoms with Crippen LogP contribution < -0.4 is 11.6 Å². The van der Waals surface area contributed by atoms with Gasteiger partial charge in [-0.2, -0.15) is 0 Å². The van der Waals surface area contributed by atoms with Crippen molar-refractivity contribution in [1.29, 1.82) is 0 Å². The van der Waals surface area contributed by atoms with Gasteiger partial charge in [-0.3, -0.25) is 0 Å². The van der Waals surface area contributed by atoms with Crippen LogP contribution in [0.4, 0.5) is 0 Å². The lowest BCUT2D eigenvalue weighted by Crippen LogP contribution is -2.39. The Morgan fingerprint density at radius 3 is 2.67 bits per heavy atom. The minimum absolute atomic E-state index is 0.444. The summed E-state index contributed by atoms with van der Waals surface area (Å²) in [6, 6.07) is 0.574. The maximum atomic E-state index is 5.57. The van der Waals surface area contributed by atoms with Gasteiger partial charge in [-0.25, -0.2) is 0 Å². The molecule has 1 unspecified atom stereocenters. The SMILES string of the molecule is CN(C)C1CCN(C(N)=NN)C1. The van der Waals surface area contributed by atoms with Crippen LogP contribution >= 0.6 is 0 Å². The second-order valence-electron chi connectivity index (χ2n) is 3.34. The smallest absolute Gasteiger partial charge is 0.213 e. The van der Waals surface area contributed by atoms with Gasteiger partial charge in [0.05, 0.1) is 0 Å². The van der Waals surface area contributed by atoms with Gasteiger partial charge in [0.1, 0.15) is 0 Å². The second-order valence-corrected chi connectivity index (χ2v) is 3.34. The predicted molar refractivity (Wildman–Crippen MR) is 49.5 cm³/mol. The summed E-state index contributed by atoms with van der Waals surface area (Å²) in [6.07, 6.45) is 1.13. The molecule has 0 spiro atoms. The number of likely N-dealkylation sites (tertiary alicyclic amines) is 1. The zero-order valence-electron chi connectivity index (χ0n) is 7.70. The van der Waals surface area contributed by atoms with E-state index in [9.17, 15) is 0 Å². The van der Waals surface area contributed by atoms with E-state index in [0.29, 0.717) is 12.0 Å². The number of rotatable bonds is 1. The van der Waals surface area contributed by atoms with Crippen LogP contribution in [0.2, 0.25) is 0 Å². The van der Waals surface area contributed by atoms with Crippen LogP contribution in [0.1, 0.15) is 6.42 Å². The molecule has 0 aromatic carbocycles. The molecule has 12 heavy (non-hydrogen) atoms. The molecule has 70 valence electrons. The van der Waals surface area contributed by atoms with E-state index in [1.165, 1.54) is 0 Å². The standard InChI is InChI=1S/C7H17N5/c1-11(2)6-3-4-12(5-6)7(8)10-9/h6H,3-5,9H2,1-2H3,(H2,8,10). The van der Waals surface area contributed by atoms with Crippen molar-refractivity contribution in [3.63, 3.8) is 0 Å². The number of hydrogen-bond donors (Lipinski definition) is 2. The molecule has 1 aliphatic rings. The van der Waals surface area contributed by atoms with Gasteiger partial charge in [-0.1, -0.05) is 0 Å². The van der Waals surface area contributed by atoms with Gasteiger partial charge in [0.2, 0.25) is 5.96 Å². The summed E-state index contributed by atoms with van der Waals surface area (Å²) in [6.45, 7) is 1.88. The van der Waals surface area contributed by atoms with Crippen molar-refractivity contribution in [3.8, 4) is 0 Å². The van der Waals surface area contributed by atoms with E-state index in [2.05, 4.69) is 24.1 Å². The van der Waals surface area contributed by atoms with E-state index in [0.717, 1.165) is 19.5 Å². The fraction of sp³-hybridized carbons (Fsp3) is 0.857. The van der Waals surface area contributed by atoms with Gasteiger partial charge >= 0.3 is 0 Å². The molecule has 4 N–H and O–H groups in total. The van der Waals surface area contributed by atoms with Crippen LogP contribution in [0.3, 0.4) is 0 Å². The van der Waals surface area contributed by atoms with Crippen molar-refractivity contribution in [2.24, 2.45) is 16.7 Å². The number of likely N-dealkylation sites (N-methyl/N-ethyl adjacent to an activating group) is 1. The highest BCUT2D eigenvalue weighted by atomic mass is 15.3. The molecule has 0 radical (unpaired) electrons. The maximum absolute atomic E-state index is 5.57. The first-order chi connectivity index (χ1) is 5.65. The zero-order valence-corrected chi connectivity index (χ0v) is 7.70. The number of nitrogens with two attached hydrogens (primary N) is 2. The molecule has 5 heteroatoms. The third kappa shape index (κ3) is 1.79. The molecule has 5 nitrogen and oxygen atoms in total. The highest BCUT2D eigenvalue weighted by Crippen LogP contribution is 2.11. The Hall–Kier alpha value is -0.970. The topological polar surface area (TPSA) is 70.9 Å². The van der Waals surface area contributed by atoms with Crippen molar-refractivity contribution < 1.29 is 0 Å². The van der Waals surface area contributed by atoms with Gasteiger partial charge in [0.25, 0.3) is 0 Å². The Morgan fingerprint density at radius 1 is 1.58 bits per heavy atom. The molecule has 0 bridgehead atoms. The fourth-order valence-corrected chi connectivity index (χ4v) is 1.45. The first kappa shape index (κ1) is 9.12. The number of nitrogens with zero attached hydrogens (tertiary/aromatic N) is 3. The van der Waals surface area contributed by atoms with Crippen LogP contribution in [0.5, 0.6) is 0 Å². The normalized spacial score (nSPS) is 25.4. The van der Waals surface area contributed by atoms with E-state index in [-0.39, 0.29) is 0 Å². The van der Waals surface area contributed by atoms with Gasteiger partial charge in [-0.15, -0.1) is 5.10 Å². The van der Waals surface area contributed by atoms with Crippen LogP contribution in [0, 0.1) is 0 Å². The van der Waals surface area contributed by atoms with E-state index in [1.54, 1.807) is 0 Å². The molecule has 1 atom stereocenters. The lowest BCUT2D eigenvalue weighted by atomic mass is 10.2. The third-order valence-corrected chi connectivity index (χ3v) is 2.35. The van der Waals surface area contributed by atoms with Gasteiger partial charge in [0.15, 0.2) is 0 Å². The quantitative estimate of drug-likeness (QED) is 0.225. The average molecular weight is 171 g/mol. The van der Waals surface area contributed by atoms with E-state index in [4.69, 9.17) is 11.6 Å². The van der Waals surface area contributed by atoms with Crippen molar-refractivity contribution in [1.82, 2.24) is 9.80 Å². The van der Waals surface area contributed by atoms with Gasteiger partial charge in [0, 0.05) is 19.1 Å². The van der Waals surface area contributed by atoms with Crippen LogP contribution in [-0.2, 0) is 0 Å². The summed E-state index contributed by atoms with van der Waals surface area (Å²) in [4.78, 5) is 4.20. The Balaban J connectivity index is 2.46. The van der Waals surface area contributed by atoms with E-state index < -0.39 is 0 Å². The maximum Gasteiger partial charge on any atom is 0.213 e. The minimum atomic E-state index is 0.444. The largest absolute Gasteiger partial charge is 0.368 e. The molecule has 1 saturated heterocycles. The first-order valence-electron chi connectivity index (χ1n) is 4.10. The average Bonchev–Trinajstić information content (AvgIpc) is 2.51. The number of guanidine groups is 1.